The van der Waals surface area contributed by atoms with E-state index in [0.29, 0.717) is 47.9 Å². The quantitative estimate of drug-likeness (QED) is 0.428. The average Bonchev–Trinajstić information content (AvgIpc) is 3.62. The Balaban J connectivity index is 1.39. The number of halogens is 2. The maximum Gasteiger partial charge on any atom is 0.149 e. The molecule has 0 amide bonds. The van der Waals surface area contributed by atoms with Gasteiger partial charge in [-0.05, 0) is 69.2 Å². The standard InChI is InChI=1S/C26H36F2N4O2/c1-17(15-33-2)31-19-5-7-20(8-6-19)32-25-13-21(23(28)14-29-25)18-4-9-22(27)24(12-18)30-16-26(34-3)10-11-26/h4,9,12-14,17,19-20,30-31H,5-8,10-11,15-16H2,1-3H3,(H,29,32)/t17-,19?,20?/m0/s1. The van der Waals surface area contributed by atoms with E-state index in [9.17, 15) is 8.78 Å². The van der Waals surface area contributed by atoms with Gasteiger partial charge in [0, 0.05) is 44.5 Å². The number of methoxy groups -OCH3 is 2. The van der Waals surface area contributed by atoms with Crippen molar-refractivity contribution in [1.82, 2.24) is 10.3 Å². The Morgan fingerprint density at radius 3 is 2.47 bits per heavy atom. The molecule has 0 bridgehead atoms. The molecule has 8 heteroatoms. The summed E-state index contributed by atoms with van der Waals surface area (Å²) in [7, 11) is 3.39. The first-order valence-corrected chi connectivity index (χ1v) is 12.2. The van der Waals surface area contributed by atoms with Gasteiger partial charge in [0.1, 0.15) is 17.5 Å². The Morgan fingerprint density at radius 1 is 1.06 bits per heavy atom. The number of hydrogen-bond donors (Lipinski definition) is 3. The van der Waals surface area contributed by atoms with Crippen LogP contribution in [0.3, 0.4) is 0 Å². The Bertz CT molecular complexity index is 962. The first-order chi connectivity index (χ1) is 16.4. The highest BCUT2D eigenvalue weighted by molar-refractivity contribution is 5.71. The van der Waals surface area contributed by atoms with Crippen molar-refractivity contribution in [3.8, 4) is 11.1 Å². The SMILES string of the molecule is COC[C@H](C)NC1CCC(Nc2cc(-c3ccc(F)c(NCC4(OC)CC4)c3)c(F)cn2)CC1. The van der Waals surface area contributed by atoms with Gasteiger partial charge < -0.3 is 25.4 Å². The summed E-state index contributed by atoms with van der Waals surface area (Å²) in [6.07, 6.45) is 7.30. The van der Waals surface area contributed by atoms with Gasteiger partial charge in [-0.2, -0.15) is 0 Å². The van der Waals surface area contributed by atoms with Crippen molar-refractivity contribution in [3.05, 3.63) is 42.1 Å². The number of ether oxygens (including phenoxy) is 2. The van der Waals surface area contributed by atoms with E-state index in [4.69, 9.17) is 9.47 Å². The number of anilines is 2. The molecule has 1 aromatic carbocycles. The lowest BCUT2D eigenvalue weighted by atomic mass is 9.90. The molecule has 0 unspecified atom stereocenters. The first-order valence-electron chi connectivity index (χ1n) is 12.2. The van der Waals surface area contributed by atoms with Crippen LogP contribution >= 0.6 is 0 Å². The predicted octanol–water partition coefficient (Wildman–Crippen LogP) is 4.97. The van der Waals surface area contributed by atoms with Crippen LogP contribution in [0, 0.1) is 11.6 Å². The molecule has 2 aromatic rings. The minimum absolute atomic E-state index is 0.211. The van der Waals surface area contributed by atoms with Crippen LogP contribution in [0.1, 0.15) is 45.4 Å². The molecule has 0 spiro atoms. The van der Waals surface area contributed by atoms with Gasteiger partial charge in [-0.25, -0.2) is 13.8 Å². The molecule has 2 aliphatic carbocycles. The molecule has 0 saturated heterocycles. The van der Waals surface area contributed by atoms with Gasteiger partial charge in [0.25, 0.3) is 0 Å². The smallest absolute Gasteiger partial charge is 0.149 e. The largest absolute Gasteiger partial charge is 0.383 e. The fourth-order valence-electron chi connectivity index (χ4n) is 4.73. The molecule has 1 atom stereocenters. The summed E-state index contributed by atoms with van der Waals surface area (Å²) in [5.41, 5.74) is 1.14. The van der Waals surface area contributed by atoms with Crippen molar-refractivity contribution >= 4 is 11.5 Å². The summed E-state index contributed by atoms with van der Waals surface area (Å²) in [6.45, 7) is 3.36. The molecular formula is C26H36F2N4O2. The van der Waals surface area contributed by atoms with Crippen molar-refractivity contribution in [2.45, 2.75) is 69.2 Å². The lowest BCUT2D eigenvalue weighted by molar-refractivity contribution is 0.0914. The van der Waals surface area contributed by atoms with Crippen LogP contribution < -0.4 is 16.0 Å². The molecular weight excluding hydrogens is 438 g/mol. The number of rotatable bonds is 11. The number of benzene rings is 1. The summed E-state index contributed by atoms with van der Waals surface area (Å²) < 4.78 is 39.8. The third-order valence-electron chi connectivity index (χ3n) is 6.99. The predicted molar refractivity (Wildman–Crippen MR) is 131 cm³/mol. The highest BCUT2D eigenvalue weighted by atomic mass is 19.1. The second kappa shape index (κ2) is 11.0. The van der Waals surface area contributed by atoms with Crippen LogP contribution in [-0.2, 0) is 9.47 Å². The molecule has 3 N–H and O–H groups in total. The van der Waals surface area contributed by atoms with Crippen LogP contribution in [0.5, 0.6) is 0 Å². The molecule has 34 heavy (non-hydrogen) atoms. The second-order valence-electron chi connectivity index (χ2n) is 9.70. The number of nitrogens with zero attached hydrogens (tertiary/aromatic N) is 1. The van der Waals surface area contributed by atoms with E-state index in [1.807, 2.05) is 0 Å². The highest BCUT2D eigenvalue weighted by Crippen LogP contribution is 2.39. The Morgan fingerprint density at radius 2 is 1.79 bits per heavy atom. The highest BCUT2D eigenvalue weighted by Gasteiger charge is 2.42. The Hall–Kier alpha value is -2.29. The average molecular weight is 475 g/mol. The third-order valence-corrected chi connectivity index (χ3v) is 6.99. The molecule has 0 aliphatic heterocycles. The first kappa shape index (κ1) is 24.8. The van der Waals surface area contributed by atoms with E-state index in [1.165, 1.54) is 12.3 Å². The van der Waals surface area contributed by atoms with Gasteiger partial charge in [0.2, 0.25) is 0 Å². The molecule has 2 aliphatic rings. The van der Waals surface area contributed by atoms with Crippen molar-refractivity contribution in [2.75, 3.05) is 38.0 Å². The molecule has 0 radical (unpaired) electrons. The van der Waals surface area contributed by atoms with Crippen LogP contribution in [-0.4, -0.2) is 56.1 Å². The molecule has 1 aromatic heterocycles. The van der Waals surface area contributed by atoms with E-state index < -0.39 is 5.82 Å². The Kier molecular flexibility index (Phi) is 8.01. The number of nitrogens with one attached hydrogen (secondary N) is 3. The van der Waals surface area contributed by atoms with Crippen LogP contribution in [0.4, 0.5) is 20.3 Å². The summed E-state index contributed by atoms with van der Waals surface area (Å²) in [4.78, 5) is 4.25. The van der Waals surface area contributed by atoms with Gasteiger partial charge in [0.05, 0.1) is 24.1 Å². The minimum atomic E-state index is -0.432. The third kappa shape index (κ3) is 6.23. The zero-order chi connectivity index (χ0) is 24.1. The maximum atomic E-state index is 14.7. The second-order valence-corrected chi connectivity index (χ2v) is 9.70. The van der Waals surface area contributed by atoms with Gasteiger partial charge >= 0.3 is 0 Å². The van der Waals surface area contributed by atoms with Gasteiger partial charge in [-0.15, -0.1) is 0 Å². The lowest BCUT2D eigenvalue weighted by Gasteiger charge is -2.31. The summed E-state index contributed by atoms with van der Waals surface area (Å²) in [5, 5.41) is 10.2. The zero-order valence-corrected chi connectivity index (χ0v) is 20.3. The number of aromatic nitrogens is 1. The van der Waals surface area contributed by atoms with Crippen molar-refractivity contribution in [1.29, 1.82) is 0 Å². The summed E-state index contributed by atoms with van der Waals surface area (Å²) in [6, 6.07) is 7.45. The number of hydrogen-bond acceptors (Lipinski definition) is 6. The molecule has 4 rings (SSSR count). The fraction of sp³-hybridized carbons (Fsp3) is 0.577. The van der Waals surface area contributed by atoms with Gasteiger partial charge in [0.15, 0.2) is 0 Å². The van der Waals surface area contributed by atoms with E-state index in [-0.39, 0.29) is 17.5 Å². The fourth-order valence-corrected chi connectivity index (χ4v) is 4.73. The van der Waals surface area contributed by atoms with Gasteiger partial charge in [-0.3, -0.25) is 0 Å². The molecule has 2 fully saturated rings. The van der Waals surface area contributed by atoms with Crippen LogP contribution in [0.2, 0.25) is 0 Å². The van der Waals surface area contributed by atoms with E-state index in [0.717, 1.165) is 38.5 Å². The zero-order valence-electron chi connectivity index (χ0n) is 20.3. The lowest BCUT2D eigenvalue weighted by Crippen LogP contribution is -2.42. The van der Waals surface area contributed by atoms with Crippen LogP contribution in [0.25, 0.3) is 11.1 Å². The topological polar surface area (TPSA) is 67.4 Å². The normalized spacial score (nSPS) is 22.3. The monoisotopic (exact) mass is 474 g/mol. The Labute approximate surface area is 200 Å². The van der Waals surface area contributed by atoms with Crippen molar-refractivity contribution in [3.63, 3.8) is 0 Å². The maximum absolute atomic E-state index is 14.7. The van der Waals surface area contributed by atoms with E-state index >= 15 is 0 Å². The summed E-state index contributed by atoms with van der Waals surface area (Å²) in [5.74, 6) is -0.164. The molecule has 2 saturated carbocycles. The summed E-state index contributed by atoms with van der Waals surface area (Å²) >= 11 is 0. The van der Waals surface area contributed by atoms with E-state index in [2.05, 4.69) is 27.9 Å². The van der Waals surface area contributed by atoms with Gasteiger partial charge in [-0.1, -0.05) is 6.07 Å². The van der Waals surface area contributed by atoms with Crippen molar-refractivity contribution in [2.24, 2.45) is 0 Å². The van der Waals surface area contributed by atoms with Crippen LogP contribution in [0.15, 0.2) is 30.5 Å². The molecule has 186 valence electrons. The molecule has 1 heterocycles. The van der Waals surface area contributed by atoms with Crippen molar-refractivity contribution < 1.29 is 18.3 Å². The molecule has 6 nitrogen and oxygen atoms in total. The number of pyridine rings is 1. The van der Waals surface area contributed by atoms with E-state index in [1.54, 1.807) is 32.4 Å². The minimum Gasteiger partial charge on any atom is -0.383 e.